The standard InChI is InChI=1S/C16H23N3O2/c1-3-12-4-6-13(7-5-12)17-10-16(21)19(2)11-15(20)18-14-8-9-14/h4-7,14,17H,3,8-11H2,1-2H3,(H,18,20). The van der Waals surface area contributed by atoms with Crippen molar-refractivity contribution in [3.05, 3.63) is 29.8 Å². The number of carbonyl (C=O) groups is 2. The monoisotopic (exact) mass is 289 g/mol. The van der Waals surface area contributed by atoms with Crippen molar-refractivity contribution in [2.45, 2.75) is 32.2 Å². The molecule has 1 aliphatic rings. The maximum Gasteiger partial charge on any atom is 0.242 e. The van der Waals surface area contributed by atoms with E-state index in [9.17, 15) is 9.59 Å². The largest absolute Gasteiger partial charge is 0.376 e. The molecule has 0 saturated heterocycles. The van der Waals surface area contributed by atoms with Crippen LogP contribution in [-0.4, -0.2) is 42.9 Å². The molecule has 114 valence electrons. The number of anilines is 1. The van der Waals surface area contributed by atoms with E-state index >= 15 is 0 Å². The Bertz CT molecular complexity index is 495. The average molecular weight is 289 g/mol. The van der Waals surface area contributed by atoms with Crippen LogP contribution in [0.1, 0.15) is 25.3 Å². The summed E-state index contributed by atoms with van der Waals surface area (Å²) in [6.45, 7) is 2.41. The van der Waals surface area contributed by atoms with Crippen molar-refractivity contribution in [2.24, 2.45) is 0 Å². The van der Waals surface area contributed by atoms with Crippen LogP contribution in [0.4, 0.5) is 5.69 Å². The van der Waals surface area contributed by atoms with Crippen molar-refractivity contribution >= 4 is 17.5 Å². The third-order valence-corrected chi connectivity index (χ3v) is 3.55. The fourth-order valence-corrected chi connectivity index (χ4v) is 1.98. The summed E-state index contributed by atoms with van der Waals surface area (Å²) in [5.74, 6) is -0.179. The molecule has 2 amide bonds. The molecule has 0 bridgehead atoms. The van der Waals surface area contributed by atoms with E-state index in [1.165, 1.54) is 10.5 Å². The van der Waals surface area contributed by atoms with Gasteiger partial charge < -0.3 is 15.5 Å². The molecule has 21 heavy (non-hydrogen) atoms. The number of benzene rings is 1. The van der Waals surface area contributed by atoms with Crippen molar-refractivity contribution in [3.8, 4) is 0 Å². The SMILES string of the molecule is CCc1ccc(NCC(=O)N(C)CC(=O)NC2CC2)cc1. The Kier molecular flexibility index (Phi) is 5.20. The third kappa shape index (κ3) is 5.10. The first-order valence-electron chi connectivity index (χ1n) is 7.44. The van der Waals surface area contributed by atoms with E-state index in [1.54, 1.807) is 7.05 Å². The first-order valence-corrected chi connectivity index (χ1v) is 7.44. The van der Waals surface area contributed by atoms with E-state index in [-0.39, 0.29) is 24.9 Å². The lowest BCUT2D eigenvalue weighted by Gasteiger charge is -2.17. The van der Waals surface area contributed by atoms with Gasteiger partial charge in [0.05, 0.1) is 13.1 Å². The smallest absolute Gasteiger partial charge is 0.242 e. The molecule has 5 heteroatoms. The minimum absolute atomic E-state index is 0.0827. The van der Waals surface area contributed by atoms with Crippen LogP contribution in [0.15, 0.2) is 24.3 Å². The molecule has 1 aliphatic carbocycles. The van der Waals surface area contributed by atoms with Crippen LogP contribution in [0.2, 0.25) is 0 Å². The van der Waals surface area contributed by atoms with Gasteiger partial charge in [-0.05, 0) is 37.0 Å². The zero-order chi connectivity index (χ0) is 15.2. The molecule has 1 saturated carbocycles. The van der Waals surface area contributed by atoms with Gasteiger partial charge in [-0.2, -0.15) is 0 Å². The molecule has 0 radical (unpaired) electrons. The summed E-state index contributed by atoms with van der Waals surface area (Å²) >= 11 is 0. The fourth-order valence-electron chi connectivity index (χ4n) is 1.98. The van der Waals surface area contributed by atoms with E-state index in [4.69, 9.17) is 0 Å². The van der Waals surface area contributed by atoms with Crippen molar-refractivity contribution < 1.29 is 9.59 Å². The van der Waals surface area contributed by atoms with Gasteiger partial charge in [0, 0.05) is 18.8 Å². The van der Waals surface area contributed by atoms with Gasteiger partial charge in [-0.1, -0.05) is 19.1 Å². The lowest BCUT2D eigenvalue weighted by Crippen LogP contribution is -2.41. The van der Waals surface area contributed by atoms with Crippen LogP contribution >= 0.6 is 0 Å². The molecule has 2 rings (SSSR count). The first-order chi connectivity index (χ1) is 10.1. The van der Waals surface area contributed by atoms with Crippen LogP contribution in [0, 0.1) is 0 Å². The van der Waals surface area contributed by atoms with Gasteiger partial charge in [-0.25, -0.2) is 0 Å². The second kappa shape index (κ2) is 7.11. The van der Waals surface area contributed by atoms with Gasteiger partial charge in [0.2, 0.25) is 11.8 Å². The van der Waals surface area contributed by atoms with E-state index in [0.717, 1.165) is 24.9 Å². The number of amides is 2. The maximum atomic E-state index is 12.0. The highest BCUT2D eigenvalue weighted by Gasteiger charge is 2.24. The van der Waals surface area contributed by atoms with Gasteiger partial charge in [0.15, 0.2) is 0 Å². The molecule has 1 fully saturated rings. The molecule has 1 aromatic rings. The summed E-state index contributed by atoms with van der Waals surface area (Å²) < 4.78 is 0. The van der Waals surface area contributed by atoms with Crippen LogP contribution in [0.25, 0.3) is 0 Å². The van der Waals surface area contributed by atoms with E-state index in [1.807, 2.05) is 24.3 Å². The average Bonchev–Trinajstić information content (AvgIpc) is 3.28. The summed E-state index contributed by atoms with van der Waals surface area (Å²) in [5.41, 5.74) is 2.18. The second-order valence-electron chi connectivity index (χ2n) is 5.50. The van der Waals surface area contributed by atoms with Crippen molar-refractivity contribution in [1.29, 1.82) is 0 Å². The number of nitrogens with zero attached hydrogens (tertiary/aromatic N) is 1. The van der Waals surface area contributed by atoms with Gasteiger partial charge in [0.1, 0.15) is 0 Å². The molecule has 2 N–H and O–H groups in total. The predicted octanol–water partition coefficient (Wildman–Crippen LogP) is 1.40. The Morgan fingerprint density at radius 2 is 1.90 bits per heavy atom. The lowest BCUT2D eigenvalue weighted by atomic mass is 10.1. The van der Waals surface area contributed by atoms with E-state index in [0.29, 0.717) is 6.04 Å². The summed E-state index contributed by atoms with van der Waals surface area (Å²) in [6.07, 6.45) is 3.11. The molecule has 0 aromatic heterocycles. The molecule has 0 atom stereocenters. The Morgan fingerprint density at radius 1 is 1.24 bits per heavy atom. The maximum absolute atomic E-state index is 12.0. The Labute approximate surface area is 125 Å². The number of hydrogen-bond donors (Lipinski definition) is 2. The quantitative estimate of drug-likeness (QED) is 0.797. The molecular weight excluding hydrogens is 266 g/mol. The van der Waals surface area contributed by atoms with Crippen LogP contribution in [0.5, 0.6) is 0 Å². The third-order valence-electron chi connectivity index (χ3n) is 3.55. The van der Waals surface area contributed by atoms with Gasteiger partial charge >= 0.3 is 0 Å². The summed E-state index contributed by atoms with van der Waals surface area (Å²) in [4.78, 5) is 25.0. The highest BCUT2D eigenvalue weighted by atomic mass is 16.2. The highest BCUT2D eigenvalue weighted by Crippen LogP contribution is 2.18. The van der Waals surface area contributed by atoms with Crippen molar-refractivity contribution in [2.75, 3.05) is 25.5 Å². The highest BCUT2D eigenvalue weighted by molar-refractivity contribution is 5.86. The Balaban J connectivity index is 1.72. The zero-order valence-corrected chi connectivity index (χ0v) is 12.7. The van der Waals surface area contributed by atoms with E-state index < -0.39 is 0 Å². The minimum atomic E-state index is -0.0967. The van der Waals surface area contributed by atoms with Crippen LogP contribution in [0.3, 0.4) is 0 Å². The van der Waals surface area contributed by atoms with Crippen molar-refractivity contribution in [1.82, 2.24) is 10.2 Å². The molecular formula is C16H23N3O2. The number of rotatable bonds is 7. The molecule has 0 unspecified atom stereocenters. The molecule has 0 aliphatic heterocycles. The van der Waals surface area contributed by atoms with E-state index in [2.05, 4.69) is 17.6 Å². The van der Waals surface area contributed by atoms with Gasteiger partial charge in [0.25, 0.3) is 0 Å². The van der Waals surface area contributed by atoms with Gasteiger partial charge in [-0.15, -0.1) is 0 Å². The Hall–Kier alpha value is -2.04. The lowest BCUT2D eigenvalue weighted by molar-refractivity contribution is -0.133. The number of aryl methyl sites for hydroxylation is 1. The number of carbonyl (C=O) groups excluding carboxylic acids is 2. The number of likely N-dealkylation sites (N-methyl/N-ethyl adjacent to an activating group) is 1. The Morgan fingerprint density at radius 3 is 2.48 bits per heavy atom. The first kappa shape index (κ1) is 15.4. The summed E-state index contributed by atoms with van der Waals surface area (Å²) in [7, 11) is 1.65. The number of hydrogen-bond acceptors (Lipinski definition) is 3. The molecule has 5 nitrogen and oxygen atoms in total. The molecule has 0 heterocycles. The fraction of sp³-hybridized carbons (Fsp3) is 0.500. The normalized spacial score (nSPS) is 13.6. The van der Waals surface area contributed by atoms with Crippen LogP contribution in [-0.2, 0) is 16.0 Å². The van der Waals surface area contributed by atoms with Crippen molar-refractivity contribution in [3.63, 3.8) is 0 Å². The number of nitrogens with one attached hydrogen (secondary N) is 2. The zero-order valence-electron chi connectivity index (χ0n) is 12.7. The molecule has 1 aromatic carbocycles. The predicted molar refractivity (Wildman–Crippen MR) is 83.1 cm³/mol. The topological polar surface area (TPSA) is 61.4 Å². The summed E-state index contributed by atoms with van der Waals surface area (Å²) in [5, 5.41) is 5.95. The van der Waals surface area contributed by atoms with Gasteiger partial charge in [-0.3, -0.25) is 9.59 Å². The molecule has 0 spiro atoms. The minimum Gasteiger partial charge on any atom is -0.376 e. The second-order valence-corrected chi connectivity index (χ2v) is 5.50. The van der Waals surface area contributed by atoms with Crippen LogP contribution < -0.4 is 10.6 Å². The summed E-state index contributed by atoms with van der Waals surface area (Å²) in [6, 6.07) is 8.34.